The predicted octanol–water partition coefficient (Wildman–Crippen LogP) is 1.58. The van der Waals surface area contributed by atoms with Gasteiger partial charge >= 0.3 is 5.97 Å². The van der Waals surface area contributed by atoms with Gasteiger partial charge in [0.2, 0.25) is 5.91 Å². The Morgan fingerprint density at radius 2 is 2.00 bits per heavy atom. The number of esters is 1. The molecule has 2 rings (SSSR count). The molecule has 1 atom stereocenters. The third kappa shape index (κ3) is 5.50. The lowest BCUT2D eigenvalue weighted by molar-refractivity contribution is -0.147. The summed E-state index contributed by atoms with van der Waals surface area (Å²) in [5, 5.41) is 5.48. The molecule has 1 aliphatic heterocycles. The van der Waals surface area contributed by atoms with Gasteiger partial charge in [-0.25, -0.2) is 0 Å². The molecule has 2 N–H and O–H groups in total. The van der Waals surface area contributed by atoms with E-state index in [2.05, 4.69) is 24.5 Å². The van der Waals surface area contributed by atoms with Crippen LogP contribution in [0, 0.1) is 0 Å². The molecule has 1 aliphatic rings. The first-order valence-electron chi connectivity index (χ1n) is 8.98. The lowest BCUT2D eigenvalue weighted by atomic mass is 10.0. The number of rotatable bonds is 5. The Morgan fingerprint density at radius 1 is 1.33 bits per heavy atom. The first-order chi connectivity index (χ1) is 12.8. The SMILES string of the molecule is CCOC(=O)C[C@H]1C(=O)NCCN1C(=S)NC(=O)c1ccc(C(C)C)cc1. The van der Waals surface area contributed by atoms with E-state index in [1.807, 2.05) is 12.1 Å². The summed E-state index contributed by atoms with van der Waals surface area (Å²) in [6.07, 6.45) is -0.126. The van der Waals surface area contributed by atoms with Gasteiger partial charge in [-0.05, 0) is 42.8 Å². The maximum atomic E-state index is 12.5. The molecule has 0 aromatic heterocycles. The van der Waals surface area contributed by atoms with Gasteiger partial charge in [-0.15, -0.1) is 0 Å². The second-order valence-corrected chi connectivity index (χ2v) is 6.93. The molecule has 0 unspecified atom stereocenters. The van der Waals surface area contributed by atoms with E-state index in [0.717, 1.165) is 5.56 Å². The highest BCUT2D eigenvalue weighted by atomic mass is 32.1. The molecule has 1 aromatic carbocycles. The van der Waals surface area contributed by atoms with Gasteiger partial charge in [0.05, 0.1) is 13.0 Å². The molecule has 1 aromatic rings. The topological polar surface area (TPSA) is 87.7 Å². The van der Waals surface area contributed by atoms with Gasteiger partial charge in [-0.1, -0.05) is 26.0 Å². The van der Waals surface area contributed by atoms with Crippen molar-refractivity contribution in [1.29, 1.82) is 0 Å². The van der Waals surface area contributed by atoms with E-state index in [0.29, 0.717) is 24.6 Å². The molecule has 0 bridgehead atoms. The lowest BCUT2D eigenvalue weighted by Gasteiger charge is -2.36. The summed E-state index contributed by atoms with van der Waals surface area (Å²) >= 11 is 5.33. The van der Waals surface area contributed by atoms with Crippen molar-refractivity contribution in [3.63, 3.8) is 0 Å². The second-order valence-electron chi connectivity index (χ2n) is 6.55. The minimum absolute atomic E-state index is 0.122. The fraction of sp³-hybridized carbons (Fsp3) is 0.474. The molecule has 8 heteroatoms. The minimum Gasteiger partial charge on any atom is -0.466 e. The monoisotopic (exact) mass is 391 g/mol. The van der Waals surface area contributed by atoms with Crippen LogP contribution in [0.5, 0.6) is 0 Å². The molecular weight excluding hydrogens is 366 g/mol. The van der Waals surface area contributed by atoms with E-state index in [9.17, 15) is 14.4 Å². The van der Waals surface area contributed by atoms with Gasteiger partial charge in [0.25, 0.3) is 5.91 Å². The molecule has 146 valence electrons. The molecule has 0 saturated carbocycles. The molecule has 2 amide bonds. The number of nitrogens with zero attached hydrogens (tertiary/aromatic N) is 1. The van der Waals surface area contributed by atoms with E-state index in [-0.39, 0.29) is 30.0 Å². The standard InChI is InChI=1S/C19H25N3O4S/c1-4-26-16(23)11-15-18(25)20-9-10-22(15)19(27)21-17(24)14-7-5-13(6-8-14)12(2)3/h5-8,12,15H,4,9-11H2,1-3H3,(H,20,25)(H,21,24,27)/t15-/m0/s1. The molecule has 1 saturated heterocycles. The maximum absolute atomic E-state index is 12.5. The highest BCUT2D eigenvalue weighted by Crippen LogP contribution is 2.15. The van der Waals surface area contributed by atoms with Crippen LogP contribution in [-0.2, 0) is 14.3 Å². The maximum Gasteiger partial charge on any atom is 0.308 e. The van der Waals surface area contributed by atoms with Crippen molar-refractivity contribution in [3.05, 3.63) is 35.4 Å². The van der Waals surface area contributed by atoms with E-state index in [1.165, 1.54) is 0 Å². The Labute approximate surface area is 164 Å². The highest BCUT2D eigenvalue weighted by molar-refractivity contribution is 7.80. The number of hydrogen-bond donors (Lipinski definition) is 2. The van der Waals surface area contributed by atoms with Gasteiger partial charge in [0, 0.05) is 18.7 Å². The van der Waals surface area contributed by atoms with Crippen molar-refractivity contribution in [3.8, 4) is 0 Å². The molecule has 0 spiro atoms. The van der Waals surface area contributed by atoms with Crippen LogP contribution in [-0.4, -0.2) is 53.5 Å². The van der Waals surface area contributed by atoms with Crippen LogP contribution >= 0.6 is 12.2 Å². The zero-order valence-electron chi connectivity index (χ0n) is 15.8. The molecule has 0 aliphatic carbocycles. The van der Waals surface area contributed by atoms with Gasteiger partial charge in [0.15, 0.2) is 5.11 Å². The Kier molecular flexibility index (Phi) is 7.29. The van der Waals surface area contributed by atoms with E-state index in [4.69, 9.17) is 17.0 Å². The Hall–Kier alpha value is -2.48. The largest absolute Gasteiger partial charge is 0.466 e. The van der Waals surface area contributed by atoms with Crippen LogP contribution in [0.3, 0.4) is 0 Å². The Balaban J connectivity index is 2.06. The fourth-order valence-electron chi connectivity index (χ4n) is 2.80. The zero-order valence-corrected chi connectivity index (χ0v) is 16.6. The molecule has 0 radical (unpaired) electrons. The van der Waals surface area contributed by atoms with E-state index in [1.54, 1.807) is 24.0 Å². The quantitative estimate of drug-likeness (QED) is 0.585. The number of hydrogen-bond acceptors (Lipinski definition) is 5. The number of carbonyl (C=O) groups excluding carboxylic acids is 3. The van der Waals surface area contributed by atoms with Crippen molar-refractivity contribution in [1.82, 2.24) is 15.5 Å². The summed E-state index contributed by atoms with van der Waals surface area (Å²) in [4.78, 5) is 38.0. The summed E-state index contributed by atoms with van der Waals surface area (Å²) in [5.41, 5.74) is 1.61. The molecular formula is C19H25N3O4S. The smallest absolute Gasteiger partial charge is 0.308 e. The molecule has 27 heavy (non-hydrogen) atoms. The first kappa shape index (κ1) is 20.8. The number of nitrogens with one attached hydrogen (secondary N) is 2. The lowest BCUT2D eigenvalue weighted by Crippen LogP contribution is -2.60. The Morgan fingerprint density at radius 3 is 2.59 bits per heavy atom. The number of amides is 2. The summed E-state index contributed by atoms with van der Waals surface area (Å²) < 4.78 is 4.93. The van der Waals surface area contributed by atoms with Crippen LogP contribution in [0.4, 0.5) is 0 Å². The van der Waals surface area contributed by atoms with Crippen molar-refractivity contribution >= 4 is 35.1 Å². The third-order valence-electron chi connectivity index (χ3n) is 4.32. The van der Waals surface area contributed by atoms with Gasteiger partial charge in [-0.2, -0.15) is 0 Å². The number of benzene rings is 1. The van der Waals surface area contributed by atoms with Crippen LogP contribution in [0.1, 0.15) is 49.0 Å². The normalized spacial score (nSPS) is 16.7. The van der Waals surface area contributed by atoms with Crippen molar-refractivity contribution < 1.29 is 19.1 Å². The summed E-state index contributed by atoms with van der Waals surface area (Å²) in [7, 11) is 0. The highest BCUT2D eigenvalue weighted by Gasteiger charge is 2.34. The van der Waals surface area contributed by atoms with E-state index >= 15 is 0 Å². The van der Waals surface area contributed by atoms with Gasteiger partial charge in [0.1, 0.15) is 6.04 Å². The van der Waals surface area contributed by atoms with Crippen LogP contribution in [0.15, 0.2) is 24.3 Å². The van der Waals surface area contributed by atoms with Crippen LogP contribution < -0.4 is 10.6 Å². The van der Waals surface area contributed by atoms with E-state index < -0.39 is 12.0 Å². The third-order valence-corrected chi connectivity index (χ3v) is 4.65. The predicted molar refractivity (Wildman–Crippen MR) is 105 cm³/mol. The van der Waals surface area contributed by atoms with Gasteiger partial charge < -0.3 is 15.0 Å². The summed E-state index contributed by atoms with van der Waals surface area (Å²) in [6, 6.07) is 6.49. The second kappa shape index (κ2) is 9.45. The zero-order chi connectivity index (χ0) is 20.0. The number of piperazine rings is 1. The van der Waals surface area contributed by atoms with Crippen molar-refractivity contribution in [2.24, 2.45) is 0 Å². The molecule has 1 heterocycles. The molecule has 1 fully saturated rings. The number of carbonyl (C=O) groups is 3. The first-order valence-corrected chi connectivity index (χ1v) is 9.39. The average molecular weight is 391 g/mol. The Bertz CT molecular complexity index is 718. The van der Waals surface area contributed by atoms with Crippen molar-refractivity contribution in [2.75, 3.05) is 19.7 Å². The van der Waals surface area contributed by atoms with Crippen LogP contribution in [0.25, 0.3) is 0 Å². The minimum atomic E-state index is -0.797. The number of thiocarbonyl (C=S) groups is 1. The molecule has 7 nitrogen and oxygen atoms in total. The van der Waals surface area contributed by atoms with Crippen molar-refractivity contribution in [2.45, 2.75) is 39.2 Å². The fourth-order valence-corrected chi connectivity index (χ4v) is 3.11. The van der Waals surface area contributed by atoms with Crippen LogP contribution in [0.2, 0.25) is 0 Å². The van der Waals surface area contributed by atoms with Gasteiger partial charge in [-0.3, -0.25) is 19.7 Å². The average Bonchev–Trinajstić information content (AvgIpc) is 2.63. The number of ether oxygens (including phenoxy) is 1. The summed E-state index contributed by atoms with van der Waals surface area (Å²) in [5.74, 6) is -0.773. The summed E-state index contributed by atoms with van der Waals surface area (Å²) in [6.45, 7) is 6.88.